The molecule has 0 aliphatic rings. The summed E-state index contributed by atoms with van der Waals surface area (Å²) >= 11 is 0. The Balaban J connectivity index is 2.07. The van der Waals surface area contributed by atoms with E-state index in [1.54, 1.807) is 19.2 Å². The van der Waals surface area contributed by atoms with E-state index in [1.165, 1.54) is 0 Å². The van der Waals surface area contributed by atoms with Crippen LogP contribution in [0.1, 0.15) is 17.3 Å². The van der Waals surface area contributed by atoms with Crippen molar-refractivity contribution in [3.05, 3.63) is 66.2 Å². The second kappa shape index (κ2) is 7.13. The number of hydrogen-bond donors (Lipinski definition) is 0. The van der Waals surface area contributed by atoms with Crippen LogP contribution in [0, 0.1) is 0 Å². The van der Waals surface area contributed by atoms with Gasteiger partial charge < -0.3 is 4.74 Å². The van der Waals surface area contributed by atoms with Crippen LogP contribution in [0.4, 0.5) is 0 Å². The maximum atomic E-state index is 11.0. The summed E-state index contributed by atoms with van der Waals surface area (Å²) in [5, 5.41) is 4.61. The molecular weight excluding hydrogens is 314 g/mol. The largest absolute Gasteiger partial charge is 0.497 e. The number of carbonyl (C=O) groups excluding carboxylic acids is 1. The van der Waals surface area contributed by atoms with Crippen molar-refractivity contribution in [1.29, 1.82) is 0 Å². The van der Waals surface area contributed by atoms with Gasteiger partial charge in [0.25, 0.3) is 0 Å². The molecule has 0 aliphatic carbocycles. The van der Waals surface area contributed by atoms with E-state index in [9.17, 15) is 4.79 Å². The molecule has 0 unspecified atom stereocenters. The number of allylic oxidation sites excluding steroid dienone is 1. The number of carbonyl (C=O) groups is 1. The standard InChI is InChI=1S/C20H19N3O2/c1-14(2)12-23-20(16-7-9-18(25-3)10-8-16)21-19(22-23)17-6-4-5-15(11-17)13-24/h4-11,13H,1,12H2,2-3H3. The van der Waals surface area contributed by atoms with Crippen LogP contribution in [-0.4, -0.2) is 28.2 Å². The van der Waals surface area contributed by atoms with Gasteiger partial charge in [0.05, 0.1) is 13.7 Å². The molecule has 3 rings (SSSR count). The fourth-order valence-corrected chi connectivity index (χ4v) is 2.54. The molecule has 3 aromatic rings. The van der Waals surface area contributed by atoms with Gasteiger partial charge in [-0.2, -0.15) is 5.10 Å². The van der Waals surface area contributed by atoms with Crippen molar-refractivity contribution in [1.82, 2.24) is 14.8 Å². The topological polar surface area (TPSA) is 57.0 Å². The number of hydrogen-bond acceptors (Lipinski definition) is 4. The monoisotopic (exact) mass is 333 g/mol. The van der Waals surface area contributed by atoms with E-state index in [0.29, 0.717) is 17.9 Å². The summed E-state index contributed by atoms with van der Waals surface area (Å²) in [6.07, 6.45) is 0.818. The molecule has 0 amide bonds. The lowest BCUT2D eigenvalue weighted by atomic mass is 10.1. The fourth-order valence-electron chi connectivity index (χ4n) is 2.54. The zero-order valence-electron chi connectivity index (χ0n) is 14.3. The van der Waals surface area contributed by atoms with Gasteiger partial charge >= 0.3 is 0 Å². The van der Waals surface area contributed by atoms with Crippen molar-refractivity contribution in [2.75, 3.05) is 7.11 Å². The molecule has 0 radical (unpaired) electrons. The number of benzene rings is 2. The molecule has 0 fully saturated rings. The van der Waals surface area contributed by atoms with Crippen molar-refractivity contribution in [3.63, 3.8) is 0 Å². The van der Waals surface area contributed by atoms with Crippen LogP contribution in [0.15, 0.2) is 60.7 Å². The highest BCUT2D eigenvalue weighted by Crippen LogP contribution is 2.25. The first-order valence-corrected chi connectivity index (χ1v) is 7.90. The number of methoxy groups -OCH3 is 1. The van der Waals surface area contributed by atoms with Crippen LogP contribution in [0.2, 0.25) is 0 Å². The third kappa shape index (κ3) is 3.66. The Labute approximate surface area is 146 Å². The molecule has 2 aromatic carbocycles. The van der Waals surface area contributed by atoms with E-state index < -0.39 is 0 Å². The van der Waals surface area contributed by atoms with Crippen molar-refractivity contribution >= 4 is 6.29 Å². The van der Waals surface area contributed by atoms with Gasteiger partial charge in [-0.1, -0.05) is 30.4 Å². The minimum absolute atomic E-state index is 0.571. The van der Waals surface area contributed by atoms with Crippen LogP contribution in [0.5, 0.6) is 5.75 Å². The number of rotatable bonds is 6. The van der Waals surface area contributed by atoms with Crippen molar-refractivity contribution in [3.8, 4) is 28.5 Å². The van der Waals surface area contributed by atoms with Gasteiger partial charge in [0.2, 0.25) is 0 Å². The van der Waals surface area contributed by atoms with Crippen molar-refractivity contribution < 1.29 is 9.53 Å². The summed E-state index contributed by atoms with van der Waals surface area (Å²) < 4.78 is 7.04. The van der Waals surface area contributed by atoms with E-state index in [0.717, 1.165) is 34.6 Å². The predicted molar refractivity (Wildman–Crippen MR) is 97.6 cm³/mol. The third-order valence-electron chi connectivity index (χ3n) is 3.72. The quantitative estimate of drug-likeness (QED) is 0.505. The fraction of sp³-hybridized carbons (Fsp3) is 0.150. The summed E-state index contributed by atoms with van der Waals surface area (Å²) in [6, 6.07) is 14.9. The predicted octanol–water partition coefficient (Wildman–Crippen LogP) is 4.01. The van der Waals surface area contributed by atoms with Crippen molar-refractivity contribution in [2.45, 2.75) is 13.5 Å². The van der Waals surface area contributed by atoms with Crippen LogP contribution in [0.25, 0.3) is 22.8 Å². The molecule has 1 heterocycles. The highest BCUT2D eigenvalue weighted by Gasteiger charge is 2.14. The molecule has 0 atom stereocenters. The van der Waals surface area contributed by atoms with E-state index in [1.807, 2.05) is 48.0 Å². The number of ether oxygens (including phenoxy) is 1. The van der Waals surface area contributed by atoms with Crippen LogP contribution < -0.4 is 4.74 Å². The summed E-state index contributed by atoms with van der Waals surface area (Å²) in [7, 11) is 1.64. The molecular formula is C20H19N3O2. The Kier molecular flexibility index (Phi) is 4.75. The lowest BCUT2D eigenvalue weighted by Gasteiger charge is -2.06. The Morgan fingerprint density at radius 1 is 1.20 bits per heavy atom. The highest BCUT2D eigenvalue weighted by atomic mass is 16.5. The van der Waals surface area contributed by atoms with Gasteiger partial charge in [0, 0.05) is 16.7 Å². The smallest absolute Gasteiger partial charge is 0.181 e. The Morgan fingerprint density at radius 2 is 1.96 bits per heavy atom. The molecule has 0 spiro atoms. The van der Waals surface area contributed by atoms with Gasteiger partial charge in [-0.3, -0.25) is 4.79 Å². The molecule has 0 saturated heterocycles. The van der Waals surface area contributed by atoms with Gasteiger partial charge in [-0.05, 0) is 37.3 Å². The summed E-state index contributed by atoms with van der Waals surface area (Å²) in [5.41, 5.74) is 3.32. The maximum Gasteiger partial charge on any atom is 0.181 e. The van der Waals surface area contributed by atoms with E-state index >= 15 is 0 Å². The first-order valence-electron chi connectivity index (χ1n) is 7.90. The van der Waals surface area contributed by atoms with Gasteiger partial charge in [-0.15, -0.1) is 0 Å². The summed E-state index contributed by atoms with van der Waals surface area (Å²) in [6.45, 7) is 6.49. The molecule has 5 nitrogen and oxygen atoms in total. The molecule has 5 heteroatoms. The first-order chi connectivity index (χ1) is 12.1. The molecule has 126 valence electrons. The zero-order chi connectivity index (χ0) is 17.8. The lowest BCUT2D eigenvalue weighted by Crippen LogP contribution is -2.03. The van der Waals surface area contributed by atoms with E-state index in [4.69, 9.17) is 4.74 Å². The maximum absolute atomic E-state index is 11.0. The number of nitrogens with zero attached hydrogens (tertiary/aromatic N) is 3. The Morgan fingerprint density at radius 3 is 2.60 bits per heavy atom. The van der Waals surface area contributed by atoms with Crippen LogP contribution >= 0.6 is 0 Å². The molecule has 0 bridgehead atoms. The molecule has 0 aliphatic heterocycles. The second-order valence-corrected chi connectivity index (χ2v) is 5.85. The Hall–Kier alpha value is -3.21. The lowest BCUT2D eigenvalue weighted by molar-refractivity contribution is 0.112. The van der Waals surface area contributed by atoms with Crippen LogP contribution in [-0.2, 0) is 6.54 Å². The zero-order valence-corrected chi connectivity index (χ0v) is 14.3. The molecule has 25 heavy (non-hydrogen) atoms. The SMILES string of the molecule is C=C(C)Cn1nc(-c2cccc(C=O)c2)nc1-c1ccc(OC)cc1. The van der Waals surface area contributed by atoms with E-state index in [2.05, 4.69) is 16.7 Å². The van der Waals surface area contributed by atoms with Crippen molar-refractivity contribution in [2.24, 2.45) is 0 Å². The number of aldehydes is 1. The van der Waals surface area contributed by atoms with E-state index in [-0.39, 0.29) is 0 Å². The Bertz CT molecular complexity index is 911. The molecule has 1 aromatic heterocycles. The minimum atomic E-state index is 0.571. The molecule has 0 saturated carbocycles. The third-order valence-corrected chi connectivity index (χ3v) is 3.72. The highest BCUT2D eigenvalue weighted by molar-refractivity contribution is 5.77. The first kappa shape index (κ1) is 16.6. The summed E-state index contributed by atoms with van der Waals surface area (Å²) in [5.74, 6) is 2.11. The normalized spacial score (nSPS) is 10.5. The van der Waals surface area contributed by atoms with Gasteiger partial charge in [0.1, 0.15) is 12.0 Å². The van der Waals surface area contributed by atoms with Crippen LogP contribution in [0.3, 0.4) is 0 Å². The number of aromatic nitrogens is 3. The van der Waals surface area contributed by atoms with Gasteiger partial charge in [-0.25, -0.2) is 9.67 Å². The molecule has 0 N–H and O–H groups in total. The minimum Gasteiger partial charge on any atom is -0.497 e. The average molecular weight is 333 g/mol. The summed E-state index contributed by atoms with van der Waals surface area (Å²) in [4.78, 5) is 15.7. The van der Waals surface area contributed by atoms with Gasteiger partial charge in [0.15, 0.2) is 11.6 Å². The second-order valence-electron chi connectivity index (χ2n) is 5.85. The average Bonchev–Trinajstić information content (AvgIpc) is 3.05.